The Morgan fingerprint density at radius 2 is 1.94 bits per heavy atom. The summed E-state index contributed by atoms with van der Waals surface area (Å²) in [6.45, 7) is 7.24. The summed E-state index contributed by atoms with van der Waals surface area (Å²) >= 11 is 0. The maximum Gasteiger partial charge on any atom is 0.254 e. The van der Waals surface area contributed by atoms with E-state index < -0.39 is 0 Å². The number of benzene rings is 1. The molecule has 0 atom stereocenters. The van der Waals surface area contributed by atoms with Crippen molar-refractivity contribution in [1.82, 2.24) is 10.2 Å². The van der Waals surface area contributed by atoms with Crippen LogP contribution in [0.4, 0.5) is 5.69 Å². The molecule has 2 rings (SSSR count). The monoisotopic (exact) mass is 233 g/mol. The van der Waals surface area contributed by atoms with Gasteiger partial charge in [0.15, 0.2) is 0 Å². The van der Waals surface area contributed by atoms with E-state index in [2.05, 4.69) is 5.32 Å². The Hall–Kier alpha value is -1.55. The van der Waals surface area contributed by atoms with Gasteiger partial charge in [-0.25, -0.2) is 0 Å². The van der Waals surface area contributed by atoms with Gasteiger partial charge < -0.3 is 16.0 Å². The predicted molar refractivity (Wildman–Crippen MR) is 69.1 cm³/mol. The van der Waals surface area contributed by atoms with Crippen LogP contribution < -0.4 is 11.1 Å². The first-order valence-corrected chi connectivity index (χ1v) is 5.96. The third kappa shape index (κ3) is 2.42. The molecular formula is C13H19N3O. The van der Waals surface area contributed by atoms with E-state index in [0.29, 0.717) is 5.69 Å². The molecule has 3 N–H and O–H groups in total. The minimum Gasteiger partial charge on any atom is -0.399 e. The standard InChI is InChI=1S/C13H19N3O/c1-9-7-11(14)8-12(10(9)2)13(17)16-5-3-15-4-6-16/h7-8,15H,3-6,14H2,1-2H3. The molecule has 1 aromatic carbocycles. The molecule has 0 radical (unpaired) electrons. The van der Waals surface area contributed by atoms with Gasteiger partial charge in [0.25, 0.3) is 5.91 Å². The Morgan fingerprint density at radius 1 is 1.29 bits per heavy atom. The van der Waals surface area contributed by atoms with Crippen LogP contribution in [0.2, 0.25) is 0 Å². The van der Waals surface area contributed by atoms with Crippen LogP contribution in [0.25, 0.3) is 0 Å². The first kappa shape index (κ1) is 11.9. The first-order chi connectivity index (χ1) is 8.09. The van der Waals surface area contributed by atoms with E-state index in [1.165, 1.54) is 0 Å². The maximum atomic E-state index is 12.4. The number of nitrogens with zero attached hydrogens (tertiary/aromatic N) is 1. The number of nitrogens with two attached hydrogens (primary N) is 1. The van der Waals surface area contributed by atoms with E-state index in [-0.39, 0.29) is 5.91 Å². The van der Waals surface area contributed by atoms with Gasteiger partial charge >= 0.3 is 0 Å². The van der Waals surface area contributed by atoms with E-state index in [9.17, 15) is 4.79 Å². The molecule has 1 aromatic rings. The summed E-state index contributed by atoms with van der Waals surface area (Å²) in [6, 6.07) is 3.69. The highest BCUT2D eigenvalue weighted by Gasteiger charge is 2.20. The predicted octanol–water partition coefficient (Wildman–Crippen LogP) is 0.931. The van der Waals surface area contributed by atoms with E-state index in [0.717, 1.165) is 42.9 Å². The lowest BCUT2D eigenvalue weighted by Crippen LogP contribution is -2.46. The fraction of sp³-hybridized carbons (Fsp3) is 0.462. The minimum absolute atomic E-state index is 0.0967. The molecule has 0 saturated carbocycles. The van der Waals surface area contributed by atoms with Crippen LogP contribution in [-0.4, -0.2) is 37.0 Å². The van der Waals surface area contributed by atoms with Gasteiger partial charge in [-0.2, -0.15) is 0 Å². The van der Waals surface area contributed by atoms with Crippen LogP contribution in [0.3, 0.4) is 0 Å². The summed E-state index contributed by atoms with van der Waals surface area (Å²) in [4.78, 5) is 14.3. The second-order valence-corrected chi connectivity index (χ2v) is 4.55. The fourth-order valence-electron chi connectivity index (χ4n) is 2.15. The number of hydrogen-bond acceptors (Lipinski definition) is 3. The Morgan fingerprint density at radius 3 is 2.59 bits per heavy atom. The molecule has 0 aromatic heterocycles. The number of rotatable bonds is 1. The SMILES string of the molecule is Cc1cc(N)cc(C(=O)N2CCNCC2)c1C. The maximum absolute atomic E-state index is 12.4. The van der Waals surface area contributed by atoms with Crippen LogP contribution in [0.15, 0.2) is 12.1 Å². The molecule has 92 valence electrons. The Bertz CT molecular complexity index is 437. The van der Waals surface area contributed by atoms with Gasteiger partial charge in [0, 0.05) is 37.4 Å². The van der Waals surface area contributed by atoms with Gasteiger partial charge in [0.2, 0.25) is 0 Å². The molecule has 1 fully saturated rings. The zero-order chi connectivity index (χ0) is 12.4. The molecule has 1 aliphatic rings. The van der Waals surface area contributed by atoms with Gasteiger partial charge in [-0.3, -0.25) is 4.79 Å². The summed E-state index contributed by atoms with van der Waals surface area (Å²) in [7, 11) is 0. The quantitative estimate of drug-likeness (QED) is 0.709. The van der Waals surface area contributed by atoms with Crippen molar-refractivity contribution in [2.24, 2.45) is 0 Å². The van der Waals surface area contributed by atoms with Crippen molar-refractivity contribution in [3.05, 3.63) is 28.8 Å². The smallest absolute Gasteiger partial charge is 0.254 e. The summed E-state index contributed by atoms with van der Waals surface area (Å²) in [5, 5.41) is 3.24. The Labute approximate surface area is 102 Å². The van der Waals surface area contributed by atoms with Crippen LogP contribution in [0.1, 0.15) is 21.5 Å². The molecule has 1 heterocycles. The van der Waals surface area contributed by atoms with Crippen molar-refractivity contribution >= 4 is 11.6 Å². The number of nitrogen functional groups attached to an aromatic ring is 1. The van der Waals surface area contributed by atoms with E-state index in [4.69, 9.17) is 5.73 Å². The summed E-state index contributed by atoms with van der Waals surface area (Å²) in [5.74, 6) is 0.0967. The second kappa shape index (κ2) is 4.75. The van der Waals surface area contributed by atoms with Crippen LogP contribution >= 0.6 is 0 Å². The molecule has 1 amide bonds. The van der Waals surface area contributed by atoms with Gasteiger partial charge in [-0.1, -0.05) is 0 Å². The molecule has 0 unspecified atom stereocenters. The molecule has 17 heavy (non-hydrogen) atoms. The average molecular weight is 233 g/mol. The Kier molecular flexibility index (Phi) is 3.33. The highest BCUT2D eigenvalue weighted by atomic mass is 16.2. The zero-order valence-electron chi connectivity index (χ0n) is 10.4. The number of nitrogens with one attached hydrogen (secondary N) is 1. The lowest BCUT2D eigenvalue weighted by molar-refractivity contribution is 0.0735. The molecule has 0 bridgehead atoms. The number of anilines is 1. The average Bonchev–Trinajstić information content (AvgIpc) is 2.34. The van der Waals surface area contributed by atoms with Crippen LogP contribution in [0, 0.1) is 13.8 Å². The summed E-state index contributed by atoms with van der Waals surface area (Å²) in [6.07, 6.45) is 0. The number of amides is 1. The number of piperazine rings is 1. The molecular weight excluding hydrogens is 214 g/mol. The van der Waals surface area contributed by atoms with E-state index >= 15 is 0 Å². The molecule has 1 saturated heterocycles. The van der Waals surface area contributed by atoms with Gasteiger partial charge in [0.05, 0.1) is 0 Å². The highest BCUT2D eigenvalue weighted by molar-refractivity contribution is 5.97. The lowest BCUT2D eigenvalue weighted by Gasteiger charge is -2.28. The first-order valence-electron chi connectivity index (χ1n) is 5.96. The zero-order valence-corrected chi connectivity index (χ0v) is 10.4. The highest BCUT2D eigenvalue weighted by Crippen LogP contribution is 2.19. The third-order valence-electron chi connectivity index (χ3n) is 3.32. The molecule has 0 aliphatic carbocycles. The third-order valence-corrected chi connectivity index (χ3v) is 3.32. The van der Waals surface area contributed by atoms with Crippen molar-refractivity contribution in [2.45, 2.75) is 13.8 Å². The molecule has 0 spiro atoms. The number of aryl methyl sites for hydroxylation is 1. The van der Waals surface area contributed by atoms with Gasteiger partial charge in [0.1, 0.15) is 0 Å². The number of carbonyl (C=O) groups is 1. The van der Waals surface area contributed by atoms with E-state index in [1.807, 2.05) is 24.8 Å². The topological polar surface area (TPSA) is 58.4 Å². The van der Waals surface area contributed by atoms with E-state index in [1.54, 1.807) is 6.07 Å². The van der Waals surface area contributed by atoms with Gasteiger partial charge in [-0.15, -0.1) is 0 Å². The van der Waals surface area contributed by atoms with Crippen molar-refractivity contribution in [3.63, 3.8) is 0 Å². The van der Waals surface area contributed by atoms with Crippen molar-refractivity contribution in [2.75, 3.05) is 31.9 Å². The molecule has 4 heteroatoms. The Balaban J connectivity index is 2.29. The molecule has 4 nitrogen and oxygen atoms in total. The normalized spacial score (nSPS) is 16.0. The second-order valence-electron chi connectivity index (χ2n) is 4.55. The van der Waals surface area contributed by atoms with Crippen molar-refractivity contribution < 1.29 is 4.79 Å². The summed E-state index contributed by atoms with van der Waals surface area (Å²) in [5.41, 5.74) is 9.31. The van der Waals surface area contributed by atoms with Crippen molar-refractivity contribution in [1.29, 1.82) is 0 Å². The minimum atomic E-state index is 0.0967. The van der Waals surface area contributed by atoms with Crippen molar-refractivity contribution in [3.8, 4) is 0 Å². The van der Waals surface area contributed by atoms with Crippen LogP contribution in [0.5, 0.6) is 0 Å². The van der Waals surface area contributed by atoms with Crippen LogP contribution in [-0.2, 0) is 0 Å². The number of carbonyl (C=O) groups excluding carboxylic acids is 1. The van der Waals surface area contributed by atoms with Gasteiger partial charge in [-0.05, 0) is 37.1 Å². The fourth-order valence-corrected chi connectivity index (χ4v) is 2.15. The number of hydrogen-bond donors (Lipinski definition) is 2. The molecule has 1 aliphatic heterocycles. The summed E-state index contributed by atoms with van der Waals surface area (Å²) < 4.78 is 0. The largest absolute Gasteiger partial charge is 0.399 e. The lowest BCUT2D eigenvalue weighted by atomic mass is 10.0.